The molecule has 2 unspecified atom stereocenters. The summed E-state index contributed by atoms with van der Waals surface area (Å²) >= 11 is 0. The number of carbonyl (C=O) groups excluding carboxylic acids is 1. The SMILES string of the molecule is CCOC(=O)C(C1CCCO1)N1CCNCC1. The van der Waals surface area contributed by atoms with Crippen molar-refractivity contribution in [2.75, 3.05) is 39.4 Å². The van der Waals surface area contributed by atoms with E-state index in [0.717, 1.165) is 45.6 Å². The monoisotopic (exact) mass is 242 g/mol. The number of ether oxygens (including phenoxy) is 2. The molecule has 0 amide bonds. The highest BCUT2D eigenvalue weighted by molar-refractivity contribution is 5.76. The van der Waals surface area contributed by atoms with Crippen LogP contribution in [0.4, 0.5) is 0 Å². The first-order valence-electron chi connectivity index (χ1n) is 6.56. The molecule has 2 heterocycles. The Bertz CT molecular complexity index is 248. The topological polar surface area (TPSA) is 50.8 Å². The summed E-state index contributed by atoms with van der Waals surface area (Å²) < 4.78 is 10.9. The van der Waals surface area contributed by atoms with E-state index in [1.807, 2.05) is 6.92 Å². The van der Waals surface area contributed by atoms with Gasteiger partial charge >= 0.3 is 5.97 Å². The van der Waals surface area contributed by atoms with Crippen molar-refractivity contribution in [3.8, 4) is 0 Å². The number of rotatable bonds is 4. The van der Waals surface area contributed by atoms with Crippen LogP contribution in [-0.2, 0) is 14.3 Å². The van der Waals surface area contributed by atoms with E-state index in [1.54, 1.807) is 0 Å². The van der Waals surface area contributed by atoms with Crippen molar-refractivity contribution in [3.05, 3.63) is 0 Å². The van der Waals surface area contributed by atoms with Crippen LogP contribution in [0.15, 0.2) is 0 Å². The van der Waals surface area contributed by atoms with Crippen LogP contribution in [0.5, 0.6) is 0 Å². The quantitative estimate of drug-likeness (QED) is 0.703. The molecule has 2 aliphatic rings. The van der Waals surface area contributed by atoms with Gasteiger partial charge in [-0.15, -0.1) is 0 Å². The Morgan fingerprint density at radius 3 is 2.88 bits per heavy atom. The molecule has 2 atom stereocenters. The predicted molar refractivity (Wildman–Crippen MR) is 63.8 cm³/mol. The molecule has 1 N–H and O–H groups in total. The molecule has 0 spiro atoms. The molecular formula is C12H22N2O3. The zero-order chi connectivity index (χ0) is 12.1. The second-order valence-electron chi connectivity index (χ2n) is 4.53. The Labute approximate surface area is 102 Å². The lowest BCUT2D eigenvalue weighted by molar-refractivity contribution is -0.155. The summed E-state index contributed by atoms with van der Waals surface area (Å²) in [6.45, 7) is 6.71. The third kappa shape index (κ3) is 3.18. The number of esters is 1. The molecule has 2 fully saturated rings. The first-order chi connectivity index (χ1) is 8.33. The molecule has 0 radical (unpaired) electrons. The zero-order valence-corrected chi connectivity index (χ0v) is 10.5. The average molecular weight is 242 g/mol. The summed E-state index contributed by atoms with van der Waals surface area (Å²) in [5, 5.41) is 3.30. The molecule has 98 valence electrons. The lowest BCUT2D eigenvalue weighted by Gasteiger charge is -2.35. The minimum absolute atomic E-state index is 0.0205. The third-order valence-electron chi connectivity index (χ3n) is 3.39. The van der Waals surface area contributed by atoms with Crippen molar-refractivity contribution in [1.82, 2.24) is 10.2 Å². The van der Waals surface area contributed by atoms with E-state index in [0.29, 0.717) is 6.61 Å². The number of nitrogens with one attached hydrogen (secondary N) is 1. The Hall–Kier alpha value is -0.650. The van der Waals surface area contributed by atoms with E-state index < -0.39 is 0 Å². The standard InChI is InChI=1S/C12H22N2O3/c1-2-16-12(15)11(10-4-3-9-17-10)14-7-5-13-6-8-14/h10-11,13H,2-9H2,1H3. The van der Waals surface area contributed by atoms with Gasteiger partial charge < -0.3 is 14.8 Å². The van der Waals surface area contributed by atoms with Crippen molar-refractivity contribution >= 4 is 5.97 Å². The van der Waals surface area contributed by atoms with Crippen LogP contribution in [0.3, 0.4) is 0 Å². The third-order valence-corrected chi connectivity index (χ3v) is 3.39. The van der Waals surface area contributed by atoms with Crippen LogP contribution in [0.25, 0.3) is 0 Å². The van der Waals surface area contributed by atoms with Gasteiger partial charge in [-0.25, -0.2) is 0 Å². The van der Waals surface area contributed by atoms with Gasteiger partial charge in [0.25, 0.3) is 0 Å². The van der Waals surface area contributed by atoms with Gasteiger partial charge in [0.1, 0.15) is 6.04 Å². The fraction of sp³-hybridized carbons (Fsp3) is 0.917. The minimum Gasteiger partial charge on any atom is -0.465 e. The maximum atomic E-state index is 12.1. The van der Waals surface area contributed by atoms with Gasteiger partial charge in [0.05, 0.1) is 12.7 Å². The zero-order valence-electron chi connectivity index (χ0n) is 10.5. The highest BCUT2D eigenvalue weighted by Crippen LogP contribution is 2.21. The van der Waals surface area contributed by atoms with E-state index >= 15 is 0 Å². The van der Waals surface area contributed by atoms with Gasteiger partial charge in [-0.2, -0.15) is 0 Å². The molecule has 5 nitrogen and oxygen atoms in total. The molecule has 0 aromatic heterocycles. The number of carbonyl (C=O) groups is 1. The first kappa shape index (κ1) is 12.8. The normalized spacial score (nSPS) is 27.9. The molecule has 0 aromatic carbocycles. The van der Waals surface area contributed by atoms with Gasteiger partial charge in [0, 0.05) is 32.8 Å². The molecule has 0 saturated carbocycles. The van der Waals surface area contributed by atoms with Crippen molar-refractivity contribution < 1.29 is 14.3 Å². The summed E-state index contributed by atoms with van der Waals surface area (Å²) in [7, 11) is 0. The van der Waals surface area contributed by atoms with E-state index in [4.69, 9.17) is 9.47 Å². The van der Waals surface area contributed by atoms with E-state index in [1.165, 1.54) is 0 Å². The Morgan fingerprint density at radius 2 is 2.29 bits per heavy atom. The fourth-order valence-corrected chi connectivity index (χ4v) is 2.58. The molecule has 5 heteroatoms. The number of piperazine rings is 1. The van der Waals surface area contributed by atoms with Gasteiger partial charge in [0.15, 0.2) is 0 Å². The average Bonchev–Trinajstić information content (AvgIpc) is 2.85. The molecule has 2 aliphatic heterocycles. The Morgan fingerprint density at radius 1 is 1.53 bits per heavy atom. The van der Waals surface area contributed by atoms with Crippen LogP contribution in [0, 0.1) is 0 Å². The van der Waals surface area contributed by atoms with Crippen LogP contribution >= 0.6 is 0 Å². The van der Waals surface area contributed by atoms with E-state index in [-0.39, 0.29) is 18.1 Å². The van der Waals surface area contributed by atoms with E-state index in [2.05, 4.69) is 10.2 Å². The predicted octanol–water partition coefficient (Wildman–Crippen LogP) is 0.00230. The van der Waals surface area contributed by atoms with Crippen LogP contribution in [0.1, 0.15) is 19.8 Å². The highest BCUT2D eigenvalue weighted by atomic mass is 16.5. The van der Waals surface area contributed by atoms with Crippen LogP contribution in [0.2, 0.25) is 0 Å². The molecule has 0 bridgehead atoms. The van der Waals surface area contributed by atoms with Gasteiger partial charge in [-0.1, -0.05) is 0 Å². The van der Waals surface area contributed by atoms with Crippen molar-refractivity contribution in [1.29, 1.82) is 0 Å². The lowest BCUT2D eigenvalue weighted by Crippen LogP contribution is -2.56. The molecule has 0 aromatic rings. The summed E-state index contributed by atoms with van der Waals surface area (Å²) in [5.41, 5.74) is 0. The van der Waals surface area contributed by atoms with E-state index in [9.17, 15) is 4.79 Å². The molecule has 2 rings (SSSR count). The Kier molecular flexibility index (Phi) is 4.76. The second kappa shape index (κ2) is 6.33. The summed E-state index contributed by atoms with van der Waals surface area (Å²) in [4.78, 5) is 14.3. The van der Waals surface area contributed by atoms with Gasteiger partial charge in [-0.3, -0.25) is 9.69 Å². The molecular weight excluding hydrogens is 220 g/mol. The summed E-state index contributed by atoms with van der Waals surface area (Å²) in [5.74, 6) is -0.124. The largest absolute Gasteiger partial charge is 0.465 e. The smallest absolute Gasteiger partial charge is 0.326 e. The maximum absolute atomic E-state index is 12.1. The van der Waals surface area contributed by atoms with Crippen molar-refractivity contribution in [2.45, 2.75) is 31.9 Å². The second-order valence-corrected chi connectivity index (χ2v) is 4.53. The van der Waals surface area contributed by atoms with Gasteiger partial charge in [-0.05, 0) is 19.8 Å². The number of nitrogens with zero attached hydrogens (tertiary/aromatic N) is 1. The minimum atomic E-state index is -0.209. The lowest BCUT2D eigenvalue weighted by atomic mass is 10.1. The first-order valence-corrected chi connectivity index (χ1v) is 6.56. The fourth-order valence-electron chi connectivity index (χ4n) is 2.58. The van der Waals surface area contributed by atoms with Crippen LogP contribution in [-0.4, -0.2) is 62.4 Å². The maximum Gasteiger partial charge on any atom is 0.326 e. The summed E-state index contributed by atoms with van der Waals surface area (Å²) in [6.07, 6.45) is 2.03. The number of hydrogen-bond acceptors (Lipinski definition) is 5. The highest BCUT2D eigenvalue weighted by Gasteiger charge is 2.37. The van der Waals surface area contributed by atoms with Gasteiger partial charge in [0.2, 0.25) is 0 Å². The van der Waals surface area contributed by atoms with Crippen molar-refractivity contribution in [2.24, 2.45) is 0 Å². The Balaban J connectivity index is 2.01. The molecule has 17 heavy (non-hydrogen) atoms. The molecule has 2 saturated heterocycles. The summed E-state index contributed by atoms with van der Waals surface area (Å²) in [6, 6.07) is -0.209. The number of hydrogen-bond donors (Lipinski definition) is 1. The molecule has 0 aliphatic carbocycles. The van der Waals surface area contributed by atoms with Crippen molar-refractivity contribution in [3.63, 3.8) is 0 Å². The van der Waals surface area contributed by atoms with Crippen LogP contribution < -0.4 is 5.32 Å².